The molecule has 110 valence electrons. The van der Waals surface area contributed by atoms with E-state index in [-0.39, 0.29) is 11.8 Å². The molecule has 0 atom stereocenters. The second kappa shape index (κ2) is 6.60. The Morgan fingerprint density at radius 3 is 2.48 bits per heavy atom. The van der Waals surface area contributed by atoms with E-state index in [1.54, 1.807) is 18.2 Å². The summed E-state index contributed by atoms with van der Waals surface area (Å²) in [5.74, 6) is -0.398. The number of thiophene rings is 1. The van der Waals surface area contributed by atoms with E-state index in [0.717, 1.165) is 9.35 Å². The summed E-state index contributed by atoms with van der Waals surface area (Å²) in [6, 6.07) is 6.75. The number of halogens is 2. The Morgan fingerprint density at radius 1 is 1.24 bits per heavy atom. The van der Waals surface area contributed by atoms with Gasteiger partial charge < -0.3 is 10.6 Å². The molecule has 2 N–H and O–H groups in total. The highest BCUT2D eigenvalue weighted by Crippen LogP contribution is 2.29. The lowest BCUT2D eigenvalue weighted by atomic mass is 10.2. The van der Waals surface area contributed by atoms with Crippen LogP contribution in [0.3, 0.4) is 0 Å². The van der Waals surface area contributed by atoms with Crippen LogP contribution in [0.25, 0.3) is 0 Å². The van der Waals surface area contributed by atoms with Gasteiger partial charge in [0.15, 0.2) is 0 Å². The summed E-state index contributed by atoms with van der Waals surface area (Å²) in [5, 5.41) is 5.75. The minimum absolute atomic E-state index is 0.197. The molecule has 2 aromatic rings. The number of carbonyl (C=O) groups is 2. The molecule has 0 spiro atoms. The molecule has 0 unspecified atom stereocenters. The van der Waals surface area contributed by atoms with Gasteiger partial charge in [-0.05, 0) is 52.7 Å². The van der Waals surface area contributed by atoms with Crippen molar-refractivity contribution < 1.29 is 9.59 Å². The van der Waals surface area contributed by atoms with Gasteiger partial charge in [0.25, 0.3) is 5.91 Å². The third-order valence-electron chi connectivity index (χ3n) is 2.62. The highest BCUT2D eigenvalue weighted by molar-refractivity contribution is 9.11. The first-order valence-corrected chi connectivity index (χ1v) is 8.00. The molecule has 0 aliphatic rings. The lowest BCUT2D eigenvalue weighted by Crippen LogP contribution is -2.11. The number of anilines is 2. The van der Waals surface area contributed by atoms with Crippen LogP contribution >= 0.6 is 38.9 Å². The molecule has 0 fully saturated rings. The van der Waals surface area contributed by atoms with E-state index in [0.29, 0.717) is 21.3 Å². The van der Waals surface area contributed by atoms with Gasteiger partial charge in [-0.1, -0.05) is 11.6 Å². The fourth-order valence-corrected chi connectivity index (χ4v) is 3.31. The van der Waals surface area contributed by atoms with E-state index in [1.165, 1.54) is 18.3 Å². The van der Waals surface area contributed by atoms with Crippen LogP contribution in [0.5, 0.6) is 0 Å². The standard InChI is InChI=1S/C14H12BrClN2O2S/c1-7-5-12(21-13(7)15)14(20)18-9-3-4-11(10(16)6-9)17-8(2)19/h3-6H,1-2H3,(H,17,19)(H,18,20). The van der Waals surface area contributed by atoms with Crippen molar-refractivity contribution in [3.05, 3.63) is 43.5 Å². The van der Waals surface area contributed by atoms with Gasteiger partial charge in [-0.15, -0.1) is 11.3 Å². The number of benzene rings is 1. The van der Waals surface area contributed by atoms with Gasteiger partial charge in [0, 0.05) is 12.6 Å². The second-order valence-corrected chi connectivity index (χ2v) is 7.17. The molecule has 2 rings (SSSR count). The van der Waals surface area contributed by atoms with Crippen molar-refractivity contribution in [2.75, 3.05) is 10.6 Å². The number of nitrogens with one attached hydrogen (secondary N) is 2. The molecule has 0 saturated heterocycles. The van der Waals surface area contributed by atoms with Crippen molar-refractivity contribution in [3.63, 3.8) is 0 Å². The maximum Gasteiger partial charge on any atom is 0.265 e. The van der Waals surface area contributed by atoms with E-state index in [2.05, 4.69) is 26.6 Å². The average Bonchev–Trinajstić information content (AvgIpc) is 2.73. The fraction of sp³-hybridized carbons (Fsp3) is 0.143. The monoisotopic (exact) mass is 386 g/mol. The van der Waals surface area contributed by atoms with Crippen molar-refractivity contribution in [1.82, 2.24) is 0 Å². The van der Waals surface area contributed by atoms with Gasteiger partial charge in [-0.2, -0.15) is 0 Å². The summed E-state index contributed by atoms with van der Waals surface area (Å²) in [7, 11) is 0. The highest BCUT2D eigenvalue weighted by Gasteiger charge is 2.12. The van der Waals surface area contributed by atoms with Crippen LogP contribution in [0.2, 0.25) is 5.02 Å². The summed E-state index contributed by atoms with van der Waals surface area (Å²) in [6.07, 6.45) is 0. The van der Waals surface area contributed by atoms with Crippen LogP contribution in [-0.4, -0.2) is 11.8 Å². The quantitative estimate of drug-likeness (QED) is 0.803. The maximum atomic E-state index is 12.1. The van der Waals surface area contributed by atoms with Crippen LogP contribution in [0, 0.1) is 6.92 Å². The van der Waals surface area contributed by atoms with Crippen molar-refractivity contribution in [2.24, 2.45) is 0 Å². The predicted octanol–water partition coefficient (Wildman–Crippen LogP) is 4.68. The number of amides is 2. The Morgan fingerprint density at radius 2 is 1.95 bits per heavy atom. The lowest BCUT2D eigenvalue weighted by Gasteiger charge is -2.08. The van der Waals surface area contributed by atoms with E-state index < -0.39 is 0 Å². The van der Waals surface area contributed by atoms with Crippen LogP contribution in [-0.2, 0) is 4.79 Å². The Kier molecular flexibility index (Phi) is 5.03. The zero-order valence-electron chi connectivity index (χ0n) is 11.3. The summed E-state index contributed by atoms with van der Waals surface area (Å²) in [5.41, 5.74) is 2.10. The van der Waals surface area contributed by atoms with E-state index in [1.807, 2.05) is 13.0 Å². The molecule has 0 saturated carbocycles. The fourth-order valence-electron chi connectivity index (χ4n) is 1.65. The van der Waals surface area contributed by atoms with Crippen LogP contribution in [0.15, 0.2) is 28.1 Å². The molecule has 21 heavy (non-hydrogen) atoms. The lowest BCUT2D eigenvalue weighted by molar-refractivity contribution is -0.114. The largest absolute Gasteiger partial charge is 0.325 e. The zero-order valence-corrected chi connectivity index (χ0v) is 14.4. The maximum absolute atomic E-state index is 12.1. The van der Waals surface area contributed by atoms with Gasteiger partial charge in [0.05, 0.1) is 19.4 Å². The molecule has 7 heteroatoms. The summed E-state index contributed by atoms with van der Waals surface area (Å²) >= 11 is 10.8. The Labute approximate surface area is 139 Å². The van der Waals surface area contributed by atoms with Crippen LogP contribution in [0.4, 0.5) is 11.4 Å². The van der Waals surface area contributed by atoms with E-state index >= 15 is 0 Å². The van der Waals surface area contributed by atoms with Gasteiger partial charge in [-0.3, -0.25) is 9.59 Å². The first kappa shape index (κ1) is 16.0. The Bertz CT molecular complexity index is 695. The Hall–Kier alpha value is -1.37. The predicted molar refractivity (Wildman–Crippen MR) is 90.5 cm³/mol. The normalized spacial score (nSPS) is 10.3. The molecular formula is C14H12BrClN2O2S. The topological polar surface area (TPSA) is 58.2 Å². The minimum Gasteiger partial charge on any atom is -0.325 e. The third kappa shape index (κ3) is 4.06. The number of aryl methyl sites for hydroxylation is 1. The number of rotatable bonds is 3. The first-order valence-electron chi connectivity index (χ1n) is 6.01. The molecule has 4 nitrogen and oxygen atoms in total. The smallest absolute Gasteiger partial charge is 0.265 e. The zero-order chi connectivity index (χ0) is 15.6. The number of hydrogen-bond acceptors (Lipinski definition) is 3. The number of hydrogen-bond donors (Lipinski definition) is 2. The Balaban J connectivity index is 2.14. The first-order chi connectivity index (χ1) is 9.86. The molecule has 2 amide bonds. The molecule has 1 aromatic carbocycles. The molecule has 1 heterocycles. The van der Waals surface area contributed by atoms with Crippen molar-refractivity contribution >= 4 is 62.1 Å². The highest BCUT2D eigenvalue weighted by atomic mass is 79.9. The molecule has 1 aromatic heterocycles. The van der Waals surface area contributed by atoms with E-state index in [4.69, 9.17) is 11.6 Å². The second-order valence-electron chi connectivity index (χ2n) is 4.40. The summed E-state index contributed by atoms with van der Waals surface area (Å²) < 4.78 is 0.937. The summed E-state index contributed by atoms with van der Waals surface area (Å²) in [4.78, 5) is 23.7. The molecule has 0 bridgehead atoms. The van der Waals surface area contributed by atoms with Crippen LogP contribution < -0.4 is 10.6 Å². The van der Waals surface area contributed by atoms with Crippen molar-refractivity contribution in [1.29, 1.82) is 0 Å². The van der Waals surface area contributed by atoms with Gasteiger partial charge >= 0.3 is 0 Å². The van der Waals surface area contributed by atoms with Gasteiger partial charge in [-0.25, -0.2) is 0 Å². The van der Waals surface area contributed by atoms with Gasteiger partial charge in [0.2, 0.25) is 5.91 Å². The van der Waals surface area contributed by atoms with Crippen LogP contribution in [0.1, 0.15) is 22.2 Å². The SMILES string of the molecule is CC(=O)Nc1ccc(NC(=O)c2cc(C)c(Br)s2)cc1Cl. The van der Waals surface area contributed by atoms with Crippen molar-refractivity contribution in [3.8, 4) is 0 Å². The third-order valence-corrected chi connectivity index (χ3v) is 5.07. The summed E-state index contributed by atoms with van der Waals surface area (Å²) in [6.45, 7) is 3.33. The van der Waals surface area contributed by atoms with Crippen molar-refractivity contribution in [2.45, 2.75) is 13.8 Å². The van der Waals surface area contributed by atoms with Gasteiger partial charge in [0.1, 0.15) is 0 Å². The number of carbonyl (C=O) groups excluding carboxylic acids is 2. The molecule has 0 aliphatic carbocycles. The molecular weight excluding hydrogens is 376 g/mol. The molecule has 0 aliphatic heterocycles. The molecule has 0 radical (unpaired) electrons. The van der Waals surface area contributed by atoms with E-state index in [9.17, 15) is 9.59 Å². The minimum atomic E-state index is -0.201. The average molecular weight is 388 g/mol.